The van der Waals surface area contributed by atoms with Crippen LogP contribution in [0.25, 0.3) is 0 Å². The Morgan fingerprint density at radius 2 is 1.71 bits per heavy atom. The number of halogens is 1. The van der Waals surface area contributed by atoms with Crippen LogP contribution in [0.3, 0.4) is 0 Å². The van der Waals surface area contributed by atoms with Gasteiger partial charge in [0.15, 0.2) is 0 Å². The first-order valence-electron chi connectivity index (χ1n) is 6.55. The first-order valence-corrected chi connectivity index (χ1v) is 7.34. The molecule has 4 heteroatoms. The molecule has 0 saturated heterocycles. The molecule has 0 atom stereocenters. The summed E-state index contributed by atoms with van der Waals surface area (Å²) in [6.07, 6.45) is 8.51. The van der Waals surface area contributed by atoms with E-state index in [1.807, 2.05) is 0 Å². The lowest BCUT2D eigenvalue weighted by molar-refractivity contribution is 0.398. The highest BCUT2D eigenvalue weighted by Gasteiger charge is 2.27. The van der Waals surface area contributed by atoms with Crippen LogP contribution in [0.4, 0.5) is 0 Å². The number of hydrogen-bond donors (Lipinski definition) is 1. The zero-order valence-corrected chi connectivity index (χ0v) is 11.4. The van der Waals surface area contributed by atoms with E-state index in [4.69, 9.17) is 4.98 Å². The highest BCUT2D eigenvalue weighted by Crippen LogP contribution is 2.38. The van der Waals surface area contributed by atoms with Crippen molar-refractivity contribution < 1.29 is 0 Å². The van der Waals surface area contributed by atoms with Gasteiger partial charge in [0, 0.05) is 11.8 Å². The van der Waals surface area contributed by atoms with Gasteiger partial charge in [-0.2, -0.15) is 0 Å². The van der Waals surface area contributed by atoms with Crippen LogP contribution in [0.5, 0.6) is 0 Å². The van der Waals surface area contributed by atoms with Crippen molar-refractivity contribution in [3.8, 4) is 0 Å². The molecule has 0 amide bonds. The van der Waals surface area contributed by atoms with Gasteiger partial charge in [0.25, 0.3) is 5.56 Å². The van der Waals surface area contributed by atoms with E-state index in [9.17, 15) is 4.79 Å². The number of nitrogens with zero attached hydrogens (tertiary/aromatic N) is 1. The van der Waals surface area contributed by atoms with Gasteiger partial charge < -0.3 is 4.98 Å². The van der Waals surface area contributed by atoms with Gasteiger partial charge in [-0.3, -0.25) is 4.79 Å². The van der Waals surface area contributed by atoms with Gasteiger partial charge in [0.2, 0.25) is 0 Å². The minimum absolute atomic E-state index is 0.00352. The third-order valence-electron chi connectivity index (χ3n) is 4.14. The normalized spacial score (nSPS) is 21.7. The molecule has 0 bridgehead atoms. The molecule has 1 aromatic rings. The number of aromatic nitrogens is 2. The van der Waals surface area contributed by atoms with Gasteiger partial charge in [0.1, 0.15) is 10.3 Å². The molecule has 92 valence electrons. The maximum atomic E-state index is 11.9. The Morgan fingerprint density at radius 1 is 1.06 bits per heavy atom. The standard InChI is InChI=1S/C13H17BrN2O/c14-10-11(8-4-1-2-5-8)15-12(16-13(10)17)9-6-3-7-9/h8-9H,1-7H2,(H,15,16,17). The van der Waals surface area contributed by atoms with E-state index >= 15 is 0 Å². The van der Waals surface area contributed by atoms with Crippen molar-refractivity contribution in [3.05, 3.63) is 26.3 Å². The van der Waals surface area contributed by atoms with E-state index in [1.165, 1.54) is 44.9 Å². The molecule has 2 fully saturated rings. The lowest BCUT2D eigenvalue weighted by Gasteiger charge is -2.25. The summed E-state index contributed by atoms with van der Waals surface area (Å²) in [5, 5.41) is 0. The van der Waals surface area contributed by atoms with Crippen molar-refractivity contribution in [2.24, 2.45) is 0 Å². The van der Waals surface area contributed by atoms with Crippen LogP contribution in [-0.2, 0) is 0 Å². The van der Waals surface area contributed by atoms with Crippen LogP contribution in [0.15, 0.2) is 9.27 Å². The molecule has 2 aliphatic carbocycles. The Kier molecular flexibility index (Phi) is 3.07. The van der Waals surface area contributed by atoms with E-state index in [0.29, 0.717) is 16.3 Å². The average Bonchev–Trinajstić information content (AvgIpc) is 2.73. The van der Waals surface area contributed by atoms with Crippen molar-refractivity contribution in [3.63, 3.8) is 0 Å². The van der Waals surface area contributed by atoms with Crippen molar-refractivity contribution in [1.82, 2.24) is 9.97 Å². The van der Waals surface area contributed by atoms with Crippen LogP contribution in [0.2, 0.25) is 0 Å². The van der Waals surface area contributed by atoms with Gasteiger partial charge in [-0.15, -0.1) is 0 Å². The number of nitrogens with one attached hydrogen (secondary N) is 1. The summed E-state index contributed by atoms with van der Waals surface area (Å²) in [5.41, 5.74) is 1.01. The monoisotopic (exact) mass is 296 g/mol. The van der Waals surface area contributed by atoms with Crippen LogP contribution in [0.1, 0.15) is 68.3 Å². The Labute approximate surface area is 109 Å². The van der Waals surface area contributed by atoms with E-state index in [1.54, 1.807) is 0 Å². The summed E-state index contributed by atoms with van der Waals surface area (Å²) >= 11 is 3.41. The van der Waals surface area contributed by atoms with E-state index in [0.717, 1.165) is 11.5 Å². The Bertz CT molecular complexity index is 473. The highest BCUT2D eigenvalue weighted by molar-refractivity contribution is 9.10. The van der Waals surface area contributed by atoms with Gasteiger partial charge in [-0.05, 0) is 41.6 Å². The molecule has 2 saturated carbocycles. The Morgan fingerprint density at radius 3 is 2.29 bits per heavy atom. The molecular formula is C13H17BrN2O. The SMILES string of the molecule is O=c1[nH]c(C2CCC2)nc(C2CCCC2)c1Br. The molecule has 1 aromatic heterocycles. The maximum absolute atomic E-state index is 11.9. The summed E-state index contributed by atoms with van der Waals surface area (Å²) < 4.78 is 0.660. The zero-order valence-electron chi connectivity index (χ0n) is 9.84. The quantitative estimate of drug-likeness (QED) is 0.908. The average molecular weight is 297 g/mol. The van der Waals surface area contributed by atoms with Gasteiger partial charge >= 0.3 is 0 Å². The lowest BCUT2D eigenvalue weighted by Crippen LogP contribution is -2.22. The third kappa shape index (κ3) is 2.07. The second-order valence-corrected chi connectivity index (χ2v) is 6.05. The third-order valence-corrected chi connectivity index (χ3v) is 4.91. The van der Waals surface area contributed by atoms with Crippen LogP contribution in [0, 0.1) is 0 Å². The predicted molar refractivity (Wildman–Crippen MR) is 70.4 cm³/mol. The molecule has 0 aromatic carbocycles. The molecule has 1 heterocycles. The Hall–Kier alpha value is -0.640. The summed E-state index contributed by atoms with van der Waals surface area (Å²) in [6, 6.07) is 0. The molecule has 17 heavy (non-hydrogen) atoms. The lowest BCUT2D eigenvalue weighted by atomic mass is 9.84. The van der Waals surface area contributed by atoms with Gasteiger partial charge in [-0.25, -0.2) is 4.98 Å². The zero-order chi connectivity index (χ0) is 11.8. The summed E-state index contributed by atoms with van der Waals surface area (Å²) in [5.74, 6) is 1.91. The molecule has 0 unspecified atom stereocenters. The highest BCUT2D eigenvalue weighted by atomic mass is 79.9. The number of rotatable bonds is 2. The second-order valence-electron chi connectivity index (χ2n) is 5.26. The Balaban J connectivity index is 1.99. The molecular weight excluding hydrogens is 280 g/mol. The fraction of sp³-hybridized carbons (Fsp3) is 0.692. The molecule has 0 radical (unpaired) electrons. The van der Waals surface area contributed by atoms with E-state index in [2.05, 4.69) is 20.9 Å². The van der Waals surface area contributed by atoms with Crippen LogP contribution in [-0.4, -0.2) is 9.97 Å². The topological polar surface area (TPSA) is 45.8 Å². The number of H-pyrrole nitrogens is 1. The van der Waals surface area contributed by atoms with Crippen molar-refractivity contribution in [1.29, 1.82) is 0 Å². The van der Waals surface area contributed by atoms with Gasteiger partial charge in [0.05, 0.1) is 5.69 Å². The first kappa shape index (κ1) is 11.5. The minimum atomic E-state index is 0.00352. The van der Waals surface area contributed by atoms with Crippen molar-refractivity contribution in [2.75, 3.05) is 0 Å². The van der Waals surface area contributed by atoms with Crippen molar-refractivity contribution >= 4 is 15.9 Å². The molecule has 1 N–H and O–H groups in total. The molecule has 3 nitrogen and oxygen atoms in total. The molecule has 2 aliphatic rings. The molecule has 0 aliphatic heterocycles. The van der Waals surface area contributed by atoms with E-state index in [-0.39, 0.29) is 5.56 Å². The molecule has 3 rings (SSSR count). The van der Waals surface area contributed by atoms with Crippen LogP contribution >= 0.6 is 15.9 Å². The smallest absolute Gasteiger partial charge is 0.265 e. The predicted octanol–water partition coefficient (Wildman–Crippen LogP) is 3.46. The summed E-state index contributed by atoms with van der Waals surface area (Å²) in [6.45, 7) is 0. The second kappa shape index (κ2) is 4.56. The van der Waals surface area contributed by atoms with Crippen molar-refractivity contribution in [2.45, 2.75) is 56.8 Å². The first-order chi connectivity index (χ1) is 8.25. The summed E-state index contributed by atoms with van der Waals surface area (Å²) in [7, 11) is 0. The maximum Gasteiger partial charge on any atom is 0.265 e. The molecule has 0 spiro atoms. The minimum Gasteiger partial charge on any atom is -0.309 e. The fourth-order valence-electron chi connectivity index (χ4n) is 2.84. The largest absolute Gasteiger partial charge is 0.309 e. The summed E-state index contributed by atoms with van der Waals surface area (Å²) in [4.78, 5) is 19.6. The van der Waals surface area contributed by atoms with Crippen LogP contribution < -0.4 is 5.56 Å². The van der Waals surface area contributed by atoms with Gasteiger partial charge in [-0.1, -0.05) is 19.3 Å². The number of hydrogen-bond acceptors (Lipinski definition) is 2. The van der Waals surface area contributed by atoms with E-state index < -0.39 is 0 Å². The number of aromatic amines is 1. The fourth-order valence-corrected chi connectivity index (χ4v) is 3.35.